The van der Waals surface area contributed by atoms with Crippen LogP contribution in [0.3, 0.4) is 0 Å². The Bertz CT molecular complexity index is 929. The Hall–Kier alpha value is -1.85. The van der Waals surface area contributed by atoms with E-state index in [1.165, 1.54) is 18.4 Å². The summed E-state index contributed by atoms with van der Waals surface area (Å²) in [6, 6.07) is 7.13. The van der Waals surface area contributed by atoms with Gasteiger partial charge < -0.3 is 9.80 Å². The molecular weight excluding hydrogens is 434 g/mol. The number of fused-ring (bicyclic) bond motifs is 1. The van der Waals surface area contributed by atoms with Crippen molar-refractivity contribution in [2.45, 2.75) is 39.5 Å². The summed E-state index contributed by atoms with van der Waals surface area (Å²) in [6.45, 7) is 10.4. The molecule has 5 aliphatic rings. The van der Waals surface area contributed by atoms with Gasteiger partial charge in [0.2, 0.25) is 5.91 Å². The molecule has 178 valence electrons. The zero-order valence-corrected chi connectivity index (χ0v) is 20.7. The van der Waals surface area contributed by atoms with Gasteiger partial charge in [0.05, 0.1) is 0 Å². The van der Waals surface area contributed by atoms with Gasteiger partial charge in [0.15, 0.2) is 0 Å². The minimum Gasteiger partial charge on any atom is -0.337 e. The van der Waals surface area contributed by atoms with Gasteiger partial charge in [-0.15, -0.1) is 0 Å². The van der Waals surface area contributed by atoms with Crippen LogP contribution in [-0.4, -0.2) is 72.3 Å². The molecule has 1 saturated heterocycles. The van der Waals surface area contributed by atoms with Gasteiger partial charge in [-0.05, 0) is 67.2 Å². The zero-order valence-electron chi connectivity index (χ0n) is 19.9. The van der Waals surface area contributed by atoms with E-state index < -0.39 is 0 Å². The topological polar surface area (TPSA) is 43.9 Å². The molecule has 33 heavy (non-hydrogen) atoms. The number of carbonyl (C=O) groups is 2. The molecule has 2 amide bonds. The number of benzene rings is 1. The van der Waals surface area contributed by atoms with Gasteiger partial charge >= 0.3 is 0 Å². The van der Waals surface area contributed by atoms with Crippen LogP contribution < -0.4 is 0 Å². The number of amides is 2. The van der Waals surface area contributed by atoms with Crippen molar-refractivity contribution in [1.29, 1.82) is 0 Å². The molecule has 1 aliphatic heterocycles. The maximum atomic E-state index is 13.1. The fourth-order valence-corrected chi connectivity index (χ4v) is 6.07. The van der Waals surface area contributed by atoms with Crippen LogP contribution >= 0.6 is 11.6 Å². The smallest absolute Gasteiger partial charge is 0.253 e. The quantitative estimate of drug-likeness (QED) is 0.558. The first-order chi connectivity index (χ1) is 15.8. The Labute approximate surface area is 202 Å². The molecule has 0 N–H and O–H groups in total. The largest absolute Gasteiger partial charge is 0.337 e. The molecule has 0 aromatic heterocycles. The van der Waals surface area contributed by atoms with Crippen LogP contribution in [0.15, 0.2) is 35.9 Å². The number of allylic oxidation sites excluding steroid dienone is 1. The summed E-state index contributed by atoms with van der Waals surface area (Å²) in [6.07, 6.45) is 7.01. The standard InChI is InChI=1S/C27H36ClN3O2/c1-27(2)22-8-5-21(24(27)17-22)18-31(26(33)19-3-4-19)16-13-29-11-14-30(15-12-29)25(32)20-6-9-23(28)10-7-20/h5-7,9-10,19,22,24H,3-4,8,11-18H2,1-2H3. The molecule has 5 nitrogen and oxygen atoms in total. The van der Waals surface area contributed by atoms with Crippen molar-refractivity contribution in [3.05, 3.63) is 46.5 Å². The van der Waals surface area contributed by atoms with E-state index in [0.717, 1.165) is 64.6 Å². The summed E-state index contributed by atoms with van der Waals surface area (Å²) >= 11 is 5.95. The molecule has 1 aromatic rings. The van der Waals surface area contributed by atoms with E-state index >= 15 is 0 Å². The maximum Gasteiger partial charge on any atom is 0.253 e. The van der Waals surface area contributed by atoms with Crippen molar-refractivity contribution >= 4 is 23.4 Å². The lowest BCUT2D eigenvalue weighted by Gasteiger charge is -2.57. The van der Waals surface area contributed by atoms with Crippen LogP contribution in [-0.2, 0) is 4.79 Å². The molecular formula is C27H36ClN3O2. The summed E-state index contributed by atoms with van der Waals surface area (Å²) in [7, 11) is 0. The second-order valence-electron chi connectivity index (χ2n) is 11.0. The number of nitrogens with zero attached hydrogens (tertiary/aromatic N) is 3. The highest BCUT2D eigenvalue weighted by Gasteiger charge is 2.51. The van der Waals surface area contributed by atoms with E-state index in [1.807, 2.05) is 4.90 Å². The van der Waals surface area contributed by atoms with Crippen LogP contribution in [0.1, 0.15) is 49.9 Å². The van der Waals surface area contributed by atoms with Gasteiger partial charge in [-0.3, -0.25) is 14.5 Å². The molecule has 0 spiro atoms. The van der Waals surface area contributed by atoms with Crippen molar-refractivity contribution in [1.82, 2.24) is 14.7 Å². The van der Waals surface area contributed by atoms with E-state index in [-0.39, 0.29) is 11.8 Å². The summed E-state index contributed by atoms with van der Waals surface area (Å²) in [5, 5.41) is 0.645. The van der Waals surface area contributed by atoms with Gasteiger partial charge in [0.1, 0.15) is 0 Å². The van der Waals surface area contributed by atoms with E-state index in [2.05, 4.69) is 29.7 Å². The Balaban J connectivity index is 1.14. The molecule has 6 rings (SSSR count). The molecule has 1 aromatic carbocycles. The second kappa shape index (κ2) is 9.07. The highest BCUT2D eigenvalue weighted by Crippen LogP contribution is 2.59. The Kier molecular flexibility index (Phi) is 6.30. The number of piperazine rings is 1. The summed E-state index contributed by atoms with van der Waals surface area (Å²) in [5.74, 6) is 2.15. The molecule has 2 unspecified atom stereocenters. The number of halogens is 1. The third-order valence-electron chi connectivity index (χ3n) is 8.63. The summed E-state index contributed by atoms with van der Waals surface area (Å²) < 4.78 is 0. The first-order valence-electron chi connectivity index (χ1n) is 12.6. The van der Waals surface area contributed by atoms with Crippen LogP contribution in [0.25, 0.3) is 0 Å². The van der Waals surface area contributed by atoms with Crippen molar-refractivity contribution in [2.24, 2.45) is 23.2 Å². The molecule has 6 heteroatoms. The third kappa shape index (κ3) is 4.72. The minimum atomic E-state index is 0.0718. The maximum absolute atomic E-state index is 13.1. The predicted molar refractivity (Wildman–Crippen MR) is 131 cm³/mol. The lowest BCUT2D eigenvalue weighted by atomic mass is 9.49. The number of hydrogen-bond acceptors (Lipinski definition) is 3. The van der Waals surface area contributed by atoms with Gasteiger partial charge in [0, 0.05) is 62.3 Å². The van der Waals surface area contributed by atoms with Gasteiger partial charge in [-0.2, -0.15) is 0 Å². The normalized spacial score (nSPS) is 26.4. The average molecular weight is 470 g/mol. The van der Waals surface area contributed by atoms with E-state index in [1.54, 1.807) is 24.3 Å². The number of hydrogen-bond donors (Lipinski definition) is 0. The van der Waals surface area contributed by atoms with Crippen LogP contribution in [0.2, 0.25) is 5.02 Å². The Morgan fingerprint density at radius 3 is 2.39 bits per heavy atom. The lowest BCUT2D eigenvalue weighted by Crippen LogP contribution is -2.52. The molecule has 2 atom stereocenters. The highest BCUT2D eigenvalue weighted by atomic mass is 35.5. The molecule has 2 bridgehead atoms. The fourth-order valence-electron chi connectivity index (χ4n) is 5.94. The van der Waals surface area contributed by atoms with Gasteiger partial charge in [0.25, 0.3) is 5.91 Å². The average Bonchev–Trinajstić information content (AvgIpc) is 3.67. The SMILES string of the molecule is CC1(C)C2CC=C(CN(CCN3CCN(C(=O)c4ccc(Cl)cc4)CC3)C(=O)C3CC3)C1C2. The van der Waals surface area contributed by atoms with Crippen molar-refractivity contribution in [3.8, 4) is 0 Å². The minimum absolute atomic E-state index is 0.0718. The lowest BCUT2D eigenvalue weighted by molar-refractivity contribution is -0.132. The summed E-state index contributed by atoms with van der Waals surface area (Å²) in [5.41, 5.74) is 2.58. The first-order valence-corrected chi connectivity index (χ1v) is 13.0. The molecule has 2 saturated carbocycles. The first kappa shape index (κ1) is 22.9. The number of rotatable bonds is 7. The van der Waals surface area contributed by atoms with Crippen LogP contribution in [0, 0.1) is 23.2 Å². The molecule has 3 fully saturated rings. The van der Waals surface area contributed by atoms with E-state index in [4.69, 9.17) is 11.6 Å². The van der Waals surface area contributed by atoms with Crippen molar-refractivity contribution < 1.29 is 9.59 Å². The third-order valence-corrected chi connectivity index (χ3v) is 8.88. The fraction of sp³-hybridized carbons (Fsp3) is 0.630. The monoisotopic (exact) mass is 469 g/mol. The summed E-state index contributed by atoms with van der Waals surface area (Å²) in [4.78, 5) is 32.3. The Morgan fingerprint density at radius 1 is 1.09 bits per heavy atom. The van der Waals surface area contributed by atoms with Gasteiger partial charge in [-0.1, -0.05) is 37.1 Å². The van der Waals surface area contributed by atoms with Crippen LogP contribution in [0.5, 0.6) is 0 Å². The predicted octanol–water partition coefficient (Wildman–Crippen LogP) is 4.33. The van der Waals surface area contributed by atoms with Crippen molar-refractivity contribution in [3.63, 3.8) is 0 Å². The highest BCUT2D eigenvalue weighted by molar-refractivity contribution is 6.30. The van der Waals surface area contributed by atoms with E-state index in [9.17, 15) is 9.59 Å². The Morgan fingerprint density at radius 2 is 1.79 bits per heavy atom. The van der Waals surface area contributed by atoms with Crippen molar-refractivity contribution in [2.75, 3.05) is 45.8 Å². The molecule has 4 aliphatic carbocycles. The molecule has 0 radical (unpaired) electrons. The van der Waals surface area contributed by atoms with Gasteiger partial charge in [-0.25, -0.2) is 0 Å². The molecule has 1 heterocycles. The second-order valence-corrected chi connectivity index (χ2v) is 11.4. The number of carbonyl (C=O) groups excluding carboxylic acids is 2. The van der Waals surface area contributed by atoms with Crippen LogP contribution in [0.4, 0.5) is 0 Å². The van der Waals surface area contributed by atoms with E-state index in [0.29, 0.717) is 27.8 Å². The zero-order chi connectivity index (χ0) is 23.2.